The van der Waals surface area contributed by atoms with Crippen molar-refractivity contribution in [2.45, 2.75) is 105 Å². The van der Waals surface area contributed by atoms with Crippen molar-refractivity contribution in [3.05, 3.63) is 11.6 Å². The molecule has 32 heavy (non-hydrogen) atoms. The van der Waals surface area contributed by atoms with Gasteiger partial charge in [0.15, 0.2) is 0 Å². The third kappa shape index (κ3) is 4.10. The summed E-state index contributed by atoms with van der Waals surface area (Å²) in [6.07, 6.45) is 14.3. The Labute approximate surface area is 205 Å². The van der Waals surface area contributed by atoms with Gasteiger partial charge in [-0.3, -0.25) is 4.79 Å². The molecular weight excluding hydrogens is 460 g/mol. The van der Waals surface area contributed by atoms with Gasteiger partial charge in [0.2, 0.25) is 0 Å². The number of carbonyl (C=O) groups is 1. The molecule has 0 aromatic carbocycles. The summed E-state index contributed by atoms with van der Waals surface area (Å²) in [5.41, 5.74) is 1.83. The predicted molar refractivity (Wildman–Crippen MR) is 137 cm³/mol. The zero-order valence-electron chi connectivity index (χ0n) is 21.2. The minimum absolute atomic E-state index is 0.0267. The molecule has 0 amide bonds. The van der Waals surface area contributed by atoms with E-state index in [1.165, 1.54) is 56.9 Å². The standard InChI is InChI=1S/C29H47BrO2/c1-18(2)7-6-8-19(3)23-11-12-24-22-10-9-20-15-21(31)16-26(27(32)17-30)29(20,5)25(22)13-14-28(23,24)4/h9,18-19,21-26,31H,6-8,10-17H2,1-5H3/t19-,21-,22+,23-,24+,25+,26?,28-,29+/m1/s1. The second-order valence-corrected chi connectivity index (χ2v) is 13.5. The Balaban J connectivity index is 1.56. The van der Waals surface area contributed by atoms with Crippen LogP contribution in [0.4, 0.5) is 0 Å². The first-order chi connectivity index (χ1) is 15.1. The van der Waals surface area contributed by atoms with Crippen molar-refractivity contribution < 1.29 is 9.90 Å². The van der Waals surface area contributed by atoms with Crippen LogP contribution in [0.3, 0.4) is 0 Å². The first kappa shape index (κ1) is 25.0. The Morgan fingerprint density at radius 3 is 2.59 bits per heavy atom. The van der Waals surface area contributed by atoms with Gasteiger partial charge in [-0.15, -0.1) is 0 Å². The maximum Gasteiger partial charge on any atom is 0.147 e. The first-order valence-corrected chi connectivity index (χ1v) is 14.7. The molecule has 0 aromatic rings. The summed E-state index contributed by atoms with van der Waals surface area (Å²) in [5, 5.41) is 11.0. The highest BCUT2D eigenvalue weighted by atomic mass is 79.9. The molecule has 182 valence electrons. The van der Waals surface area contributed by atoms with Gasteiger partial charge in [0, 0.05) is 11.3 Å². The van der Waals surface area contributed by atoms with E-state index in [2.05, 4.69) is 56.6 Å². The summed E-state index contributed by atoms with van der Waals surface area (Å²) in [7, 11) is 0. The fourth-order valence-electron chi connectivity index (χ4n) is 9.32. The van der Waals surface area contributed by atoms with Crippen molar-refractivity contribution >= 4 is 21.7 Å². The van der Waals surface area contributed by atoms with Crippen molar-refractivity contribution in [3.8, 4) is 0 Å². The Bertz CT molecular complexity index is 729. The second kappa shape index (κ2) is 9.48. The van der Waals surface area contributed by atoms with E-state index in [4.69, 9.17) is 0 Å². The molecule has 4 aliphatic rings. The van der Waals surface area contributed by atoms with E-state index in [0.29, 0.717) is 28.9 Å². The van der Waals surface area contributed by atoms with Gasteiger partial charge in [-0.2, -0.15) is 0 Å². The first-order valence-electron chi connectivity index (χ1n) is 13.6. The minimum Gasteiger partial charge on any atom is -0.393 e. The van der Waals surface area contributed by atoms with Crippen LogP contribution in [0.1, 0.15) is 98.8 Å². The van der Waals surface area contributed by atoms with Gasteiger partial charge in [-0.05, 0) is 85.9 Å². The highest BCUT2D eigenvalue weighted by Gasteiger charge is 2.61. The van der Waals surface area contributed by atoms with E-state index in [1.54, 1.807) is 0 Å². The van der Waals surface area contributed by atoms with Gasteiger partial charge in [-0.25, -0.2) is 0 Å². The number of fused-ring (bicyclic) bond motifs is 5. The molecule has 3 saturated carbocycles. The lowest BCUT2D eigenvalue weighted by Gasteiger charge is -2.60. The molecule has 2 nitrogen and oxygen atoms in total. The number of allylic oxidation sites excluding steroid dienone is 1. The molecule has 0 aromatic heterocycles. The summed E-state index contributed by atoms with van der Waals surface area (Å²) < 4.78 is 0. The summed E-state index contributed by atoms with van der Waals surface area (Å²) in [5.74, 6) is 4.92. The molecule has 0 radical (unpaired) electrons. The lowest BCUT2D eigenvalue weighted by atomic mass is 9.44. The van der Waals surface area contributed by atoms with Crippen molar-refractivity contribution in [1.29, 1.82) is 0 Å². The summed E-state index contributed by atoms with van der Waals surface area (Å²) >= 11 is 3.46. The van der Waals surface area contributed by atoms with Crippen LogP contribution in [-0.2, 0) is 4.79 Å². The molecule has 0 bridgehead atoms. The molecule has 3 heteroatoms. The van der Waals surface area contributed by atoms with Crippen LogP contribution in [0.2, 0.25) is 0 Å². The molecule has 3 fully saturated rings. The average Bonchev–Trinajstić information content (AvgIpc) is 3.10. The molecular formula is C29H47BrO2. The number of hydrogen-bond donors (Lipinski definition) is 1. The molecule has 1 unspecified atom stereocenters. The van der Waals surface area contributed by atoms with Crippen LogP contribution in [0.25, 0.3) is 0 Å². The van der Waals surface area contributed by atoms with Crippen LogP contribution in [0.15, 0.2) is 11.6 Å². The molecule has 1 N–H and O–H groups in total. The van der Waals surface area contributed by atoms with Crippen LogP contribution in [-0.4, -0.2) is 22.3 Å². The van der Waals surface area contributed by atoms with Gasteiger partial charge in [-0.1, -0.05) is 81.5 Å². The zero-order valence-corrected chi connectivity index (χ0v) is 22.8. The Kier molecular flexibility index (Phi) is 7.39. The number of Topliss-reactive ketones (excluding diaryl/α,β-unsaturated/α-hetero) is 1. The van der Waals surface area contributed by atoms with E-state index in [-0.39, 0.29) is 17.4 Å². The smallest absolute Gasteiger partial charge is 0.147 e. The largest absolute Gasteiger partial charge is 0.393 e. The van der Waals surface area contributed by atoms with E-state index < -0.39 is 0 Å². The molecule has 0 heterocycles. The number of aliphatic hydroxyl groups is 1. The lowest BCUT2D eigenvalue weighted by Crippen LogP contribution is -2.55. The third-order valence-corrected chi connectivity index (χ3v) is 11.5. The quantitative estimate of drug-likeness (QED) is 0.285. The Morgan fingerprint density at radius 2 is 1.91 bits per heavy atom. The van der Waals surface area contributed by atoms with Crippen LogP contribution >= 0.6 is 15.9 Å². The van der Waals surface area contributed by atoms with Crippen molar-refractivity contribution in [2.24, 2.45) is 52.3 Å². The summed E-state index contributed by atoms with van der Waals surface area (Å²) in [4.78, 5) is 13.0. The van der Waals surface area contributed by atoms with E-state index in [0.717, 1.165) is 36.0 Å². The van der Waals surface area contributed by atoms with Gasteiger partial charge in [0.1, 0.15) is 5.78 Å². The minimum atomic E-state index is -0.352. The Hall–Kier alpha value is -0.150. The van der Waals surface area contributed by atoms with Crippen LogP contribution in [0.5, 0.6) is 0 Å². The maximum atomic E-state index is 13.0. The van der Waals surface area contributed by atoms with Crippen molar-refractivity contribution in [2.75, 3.05) is 5.33 Å². The normalized spacial score (nSPS) is 44.4. The summed E-state index contributed by atoms with van der Waals surface area (Å²) in [6, 6.07) is 0. The molecule has 4 rings (SSSR count). The molecule has 0 spiro atoms. The molecule has 0 saturated heterocycles. The van der Waals surface area contributed by atoms with Crippen molar-refractivity contribution in [1.82, 2.24) is 0 Å². The number of rotatable bonds is 7. The number of ketones is 1. The lowest BCUT2D eigenvalue weighted by molar-refractivity contribution is -0.133. The summed E-state index contributed by atoms with van der Waals surface area (Å²) in [6.45, 7) is 12.3. The Morgan fingerprint density at radius 1 is 1.16 bits per heavy atom. The van der Waals surface area contributed by atoms with Gasteiger partial charge >= 0.3 is 0 Å². The van der Waals surface area contributed by atoms with Crippen LogP contribution < -0.4 is 0 Å². The van der Waals surface area contributed by atoms with E-state index in [1.807, 2.05) is 0 Å². The number of aliphatic hydroxyl groups excluding tert-OH is 1. The second-order valence-electron chi connectivity index (χ2n) is 12.9. The SMILES string of the molecule is CC(C)CCC[C@@H](C)[C@H]1CC[C@H]2[C@@H]3CC=C4C[C@@H](O)CC(C(=O)CBr)[C@]4(C)[C@H]3CC[C@]12C. The fraction of sp³-hybridized carbons (Fsp3) is 0.897. The highest BCUT2D eigenvalue weighted by molar-refractivity contribution is 9.09. The monoisotopic (exact) mass is 506 g/mol. The number of alkyl halides is 1. The van der Waals surface area contributed by atoms with Gasteiger partial charge in [0.25, 0.3) is 0 Å². The number of carbonyl (C=O) groups excluding carboxylic acids is 1. The van der Waals surface area contributed by atoms with Gasteiger partial charge in [0.05, 0.1) is 11.4 Å². The topological polar surface area (TPSA) is 37.3 Å². The average molecular weight is 508 g/mol. The van der Waals surface area contributed by atoms with E-state index in [9.17, 15) is 9.90 Å². The number of hydrogen-bond acceptors (Lipinski definition) is 2. The highest BCUT2D eigenvalue weighted by Crippen LogP contribution is 2.68. The van der Waals surface area contributed by atoms with E-state index >= 15 is 0 Å². The van der Waals surface area contributed by atoms with Crippen molar-refractivity contribution in [3.63, 3.8) is 0 Å². The predicted octanol–water partition coefficient (Wildman–Crippen LogP) is 7.58. The molecule has 4 aliphatic carbocycles. The molecule has 0 aliphatic heterocycles. The number of halogens is 1. The van der Waals surface area contributed by atoms with Gasteiger partial charge < -0.3 is 5.11 Å². The fourth-order valence-corrected chi connectivity index (χ4v) is 9.71. The molecule has 9 atom stereocenters. The van der Waals surface area contributed by atoms with Crippen LogP contribution in [0, 0.1) is 52.3 Å². The third-order valence-electron chi connectivity index (χ3n) is 10.9. The zero-order chi connectivity index (χ0) is 23.3. The maximum absolute atomic E-state index is 13.0.